The summed E-state index contributed by atoms with van der Waals surface area (Å²) >= 11 is 0. The zero-order chi connectivity index (χ0) is 41.3. The van der Waals surface area contributed by atoms with Crippen molar-refractivity contribution in [3.8, 4) is 11.5 Å². The van der Waals surface area contributed by atoms with Crippen LogP contribution in [0.4, 0.5) is 0 Å². The number of hydrogen-bond acceptors (Lipinski definition) is 9. The first kappa shape index (κ1) is 44.9. The van der Waals surface area contributed by atoms with E-state index in [2.05, 4.69) is 65.8 Å². The molecular formula is C46H62N4O7. The third kappa shape index (κ3) is 16.3. The third-order valence-electron chi connectivity index (χ3n) is 9.23. The minimum absolute atomic E-state index is 0.0603. The van der Waals surface area contributed by atoms with Gasteiger partial charge in [0.2, 0.25) is 11.8 Å². The van der Waals surface area contributed by atoms with Crippen molar-refractivity contribution < 1.29 is 33.3 Å². The third-order valence-corrected chi connectivity index (χ3v) is 9.23. The molecule has 308 valence electrons. The highest BCUT2D eigenvalue weighted by atomic mass is 16.6. The second kappa shape index (κ2) is 22.2. The van der Waals surface area contributed by atoms with Crippen LogP contribution >= 0.6 is 0 Å². The van der Waals surface area contributed by atoms with Crippen molar-refractivity contribution in [1.82, 2.24) is 10.0 Å². The van der Waals surface area contributed by atoms with Crippen LogP contribution in [0.3, 0.4) is 0 Å². The normalized spacial score (nSPS) is 11.6. The summed E-state index contributed by atoms with van der Waals surface area (Å²) in [6.07, 6.45) is 0.487. The lowest BCUT2D eigenvalue weighted by atomic mass is 9.86. The second-order valence-corrected chi connectivity index (χ2v) is 16.1. The van der Waals surface area contributed by atoms with Gasteiger partial charge in [0, 0.05) is 0 Å². The Morgan fingerprint density at radius 1 is 0.474 bits per heavy atom. The molecule has 0 radical (unpaired) electrons. The van der Waals surface area contributed by atoms with E-state index in [0.717, 1.165) is 22.3 Å². The van der Waals surface area contributed by atoms with Crippen LogP contribution in [-0.2, 0) is 60.6 Å². The second-order valence-electron chi connectivity index (χ2n) is 16.1. The fraction of sp³-hybridized carbons (Fsp3) is 0.435. The number of hydrazine groups is 2. The lowest BCUT2D eigenvalue weighted by Crippen LogP contribution is -2.37. The standard InChI is InChI=1S/C46H62N4O7/c1-45(2,3)39-17-13-35(14-18-39)31-43(51)49(47)33-37-9-7-11-41(29-37)56-27-25-54-23-21-53-22-24-55-26-28-57-42-12-8-10-38(30-42)34-50(48)44(52)32-36-15-19-40(20-16-36)46(4,5)6/h7-20,29-30H,21-28,31-34,47-48H2,1-6H3. The van der Waals surface area contributed by atoms with E-state index in [9.17, 15) is 9.59 Å². The Morgan fingerprint density at radius 2 is 0.807 bits per heavy atom. The average Bonchev–Trinajstić information content (AvgIpc) is 3.16. The molecule has 0 aromatic heterocycles. The molecule has 0 unspecified atom stereocenters. The van der Waals surface area contributed by atoms with Crippen molar-refractivity contribution in [3.05, 3.63) is 130 Å². The molecule has 57 heavy (non-hydrogen) atoms. The Kier molecular flexibility index (Phi) is 17.5. The van der Waals surface area contributed by atoms with E-state index < -0.39 is 0 Å². The SMILES string of the molecule is CC(C)(C)c1ccc(CC(=O)N(N)Cc2cccc(OCCOCCOCCOCCOc3cccc(CN(N)C(=O)Cc4ccc(C(C)(C)C)cc4)c3)c2)cc1. The van der Waals surface area contributed by atoms with Crippen LogP contribution in [0, 0.1) is 0 Å². The molecule has 11 nitrogen and oxygen atoms in total. The smallest absolute Gasteiger partial charge is 0.241 e. The van der Waals surface area contributed by atoms with Crippen molar-refractivity contribution in [2.75, 3.05) is 52.9 Å². The number of carbonyl (C=O) groups excluding carboxylic acids is 2. The van der Waals surface area contributed by atoms with Gasteiger partial charge in [-0.05, 0) is 68.5 Å². The van der Waals surface area contributed by atoms with Gasteiger partial charge in [-0.2, -0.15) is 0 Å². The van der Waals surface area contributed by atoms with Crippen molar-refractivity contribution in [3.63, 3.8) is 0 Å². The monoisotopic (exact) mass is 782 g/mol. The van der Waals surface area contributed by atoms with Crippen LogP contribution in [0.2, 0.25) is 0 Å². The maximum Gasteiger partial charge on any atom is 0.241 e. The Morgan fingerprint density at radius 3 is 1.14 bits per heavy atom. The van der Waals surface area contributed by atoms with Crippen LogP contribution in [-0.4, -0.2) is 74.7 Å². The Labute approximate surface area is 339 Å². The number of ether oxygens (including phenoxy) is 5. The van der Waals surface area contributed by atoms with E-state index in [1.54, 1.807) is 0 Å². The van der Waals surface area contributed by atoms with Gasteiger partial charge in [-0.3, -0.25) is 19.6 Å². The van der Waals surface area contributed by atoms with Gasteiger partial charge >= 0.3 is 0 Å². The highest BCUT2D eigenvalue weighted by molar-refractivity contribution is 5.78. The molecule has 0 heterocycles. The summed E-state index contributed by atoms with van der Waals surface area (Å²) in [5, 5.41) is 2.49. The van der Waals surface area contributed by atoms with Gasteiger partial charge in [-0.25, -0.2) is 11.7 Å². The molecule has 4 N–H and O–H groups in total. The fourth-order valence-electron chi connectivity index (χ4n) is 5.81. The molecule has 4 aromatic carbocycles. The summed E-state index contributed by atoms with van der Waals surface area (Å²) in [5.74, 6) is 13.3. The molecule has 0 saturated carbocycles. The van der Waals surface area contributed by atoms with Crippen LogP contribution in [0.15, 0.2) is 97.1 Å². The molecule has 0 bridgehead atoms. The zero-order valence-electron chi connectivity index (χ0n) is 34.6. The van der Waals surface area contributed by atoms with E-state index in [1.165, 1.54) is 21.1 Å². The molecule has 0 atom stereocenters. The number of carbonyl (C=O) groups is 2. The first-order valence-corrected chi connectivity index (χ1v) is 19.6. The van der Waals surface area contributed by atoms with Crippen LogP contribution in [0.5, 0.6) is 11.5 Å². The summed E-state index contributed by atoms with van der Waals surface area (Å²) in [6, 6.07) is 31.3. The van der Waals surface area contributed by atoms with Crippen LogP contribution < -0.4 is 21.2 Å². The van der Waals surface area contributed by atoms with Gasteiger partial charge in [0.15, 0.2) is 0 Å². The molecule has 2 amide bonds. The predicted octanol–water partition coefficient (Wildman–Crippen LogP) is 6.68. The Bertz CT molecular complexity index is 1690. The Hall–Kier alpha value is -4.78. The van der Waals surface area contributed by atoms with Crippen LogP contribution in [0.25, 0.3) is 0 Å². The fourth-order valence-corrected chi connectivity index (χ4v) is 5.81. The van der Waals surface area contributed by atoms with Gasteiger partial charge in [-0.15, -0.1) is 0 Å². The number of rotatable bonds is 22. The Balaban J connectivity index is 1.00. The first-order chi connectivity index (χ1) is 27.2. The zero-order valence-corrected chi connectivity index (χ0v) is 34.6. The summed E-state index contributed by atoms with van der Waals surface area (Å²) < 4.78 is 28.5. The number of nitrogens with zero attached hydrogens (tertiary/aromatic N) is 2. The molecule has 0 aliphatic carbocycles. The van der Waals surface area contributed by atoms with E-state index in [4.69, 9.17) is 35.4 Å². The van der Waals surface area contributed by atoms with Crippen molar-refractivity contribution in [1.29, 1.82) is 0 Å². The molecular weight excluding hydrogens is 721 g/mol. The van der Waals surface area contributed by atoms with Gasteiger partial charge in [0.25, 0.3) is 0 Å². The maximum absolute atomic E-state index is 12.8. The van der Waals surface area contributed by atoms with Gasteiger partial charge in [0.05, 0.1) is 65.6 Å². The lowest BCUT2D eigenvalue weighted by Gasteiger charge is -2.20. The summed E-state index contributed by atoms with van der Waals surface area (Å²) in [7, 11) is 0. The molecule has 4 rings (SSSR count). The molecule has 11 heteroatoms. The van der Waals surface area contributed by atoms with E-state index in [1.807, 2.05) is 72.8 Å². The van der Waals surface area contributed by atoms with Crippen LogP contribution in [0.1, 0.15) is 74.9 Å². The topological polar surface area (TPSA) is 139 Å². The number of nitrogens with two attached hydrogens (primary N) is 2. The molecule has 0 aliphatic heterocycles. The number of amides is 2. The van der Waals surface area contributed by atoms with Crippen molar-refractivity contribution >= 4 is 11.8 Å². The maximum atomic E-state index is 12.8. The van der Waals surface area contributed by atoms with Gasteiger partial charge < -0.3 is 23.7 Å². The minimum atomic E-state index is -0.153. The quantitative estimate of drug-likeness (QED) is 0.0387. The highest BCUT2D eigenvalue weighted by Gasteiger charge is 2.17. The molecule has 0 saturated heterocycles. The molecule has 0 aliphatic rings. The summed E-state index contributed by atoms with van der Waals surface area (Å²) in [4.78, 5) is 25.5. The average molecular weight is 783 g/mol. The minimum Gasteiger partial charge on any atom is -0.491 e. The summed E-state index contributed by atoms with van der Waals surface area (Å²) in [6.45, 7) is 16.8. The van der Waals surface area contributed by atoms with Gasteiger partial charge in [0.1, 0.15) is 24.7 Å². The number of hydrogen-bond donors (Lipinski definition) is 2. The molecule has 0 spiro atoms. The largest absolute Gasteiger partial charge is 0.491 e. The number of benzene rings is 4. The predicted molar refractivity (Wildman–Crippen MR) is 223 cm³/mol. The van der Waals surface area contributed by atoms with Gasteiger partial charge in [-0.1, -0.05) is 114 Å². The van der Waals surface area contributed by atoms with E-state index in [-0.39, 0.29) is 48.6 Å². The summed E-state index contributed by atoms with van der Waals surface area (Å²) in [5.41, 5.74) is 6.18. The molecule has 4 aromatic rings. The lowest BCUT2D eigenvalue weighted by molar-refractivity contribution is -0.132. The highest BCUT2D eigenvalue weighted by Crippen LogP contribution is 2.24. The van der Waals surface area contributed by atoms with Crippen molar-refractivity contribution in [2.24, 2.45) is 11.7 Å². The van der Waals surface area contributed by atoms with Crippen molar-refractivity contribution in [2.45, 2.75) is 78.3 Å². The molecule has 0 fully saturated rings. The first-order valence-electron chi connectivity index (χ1n) is 19.6. The van der Waals surface area contributed by atoms with E-state index in [0.29, 0.717) is 64.4 Å². The van der Waals surface area contributed by atoms with E-state index >= 15 is 0 Å².